The molecule has 0 aliphatic heterocycles. The maximum atomic E-state index is 7.58. The van der Waals surface area contributed by atoms with Crippen LogP contribution in [0.15, 0.2) is 43.0 Å². The van der Waals surface area contributed by atoms with Gasteiger partial charge < -0.3 is 17.1 Å². The Labute approximate surface area is 115 Å². The predicted octanol–water partition coefficient (Wildman–Crippen LogP) is 0.0883. The molecule has 0 bridgehead atoms. The van der Waals surface area contributed by atoms with Crippen molar-refractivity contribution in [3.8, 4) is 5.92 Å². The monoisotopic (exact) mass is 218 g/mol. The third kappa shape index (κ3) is 2.85. The second kappa shape index (κ2) is 6.13. The molecule has 0 heterocycles. The topological polar surface area (TPSA) is 9.23 Å². The molecule has 82 valence electrons. The molecule has 2 heteroatoms. The van der Waals surface area contributed by atoms with Gasteiger partial charge in [-0.15, -0.1) is 6.58 Å². The van der Waals surface area contributed by atoms with E-state index in [1.165, 1.54) is 0 Å². The first-order chi connectivity index (χ1) is 7.83. The van der Waals surface area contributed by atoms with Crippen molar-refractivity contribution in [1.82, 2.24) is 0 Å². The summed E-state index contributed by atoms with van der Waals surface area (Å²) < 4.78 is 5.82. The van der Waals surface area contributed by atoms with E-state index in [9.17, 15) is 0 Å². The molecule has 0 radical (unpaired) electrons. The second-order valence-corrected chi connectivity index (χ2v) is 4.10. The Morgan fingerprint density at radius 1 is 1.41 bits per heavy atom. The second-order valence-electron chi connectivity index (χ2n) is 4.10. The average Bonchev–Trinajstić information content (AvgIpc) is 3.17. The number of hydrogen-bond donors (Lipinski definition) is 0. The van der Waals surface area contributed by atoms with E-state index >= 15 is 0 Å². The number of hydrogen-bond acceptors (Lipinski definition) is 1. The quantitative estimate of drug-likeness (QED) is 0.294. The van der Waals surface area contributed by atoms with Crippen LogP contribution in [0.2, 0.25) is 0 Å². The largest absolute Gasteiger partial charge is 1.00 e. The van der Waals surface area contributed by atoms with Crippen LogP contribution in [0.3, 0.4) is 0 Å². The van der Waals surface area contributed by atoms with Gasteiger partial charge in [-0.3, -0.25) is 0 Å². The van der Waals surface area contributed by atoms with Crippen LogP contribution in [0.25, 0.3) is 0 Å². The van der Waals surface area contributed by atoms with Crippen molar-refractivity contribution in [2.75, 3.05) is 6.61 Å². The first kappa shape index (κ1) is 14.1. The van der Waals surface area contributed by atoms with Gasteiger partial charge in [0.1, 0.15) is 5.60 Å². The van der Waals surface area contributed by atoms with Crippen molar-refractivity contribution in [3.05, 3.63) is 55.0 Å². The third-order valence-corrected chi connectivity index (χ3v) is 2.97. The van der Waals surface area contributed by atoms with E-state index < -0.39 is 5.60 Å². The van der Waals surface area contributed by atoms with Crippen molar-refractivity contribution < 1.29 is 23.6 Å². The molecule has 0 amide bonds. The summed E-state index contributed by atoms with van der Waals surface area (Å²) in [6.07, 6.45) is 11.5. The van der Waals surface area contributed by atoms with Crippen LogP contribution in [0.1, 0.15) is 18.4 Å². The summed E-state index contributed by atoms with van der Waals surface area (Å²) in [4.78, 5) is 0. The zero-order valence-electron chi connectivity index (χ0n) is 10.3. The standard InChI is InChI=1S/C15H15O.Li/c1-3-12-16-15(4-2,14-10-11-14)13-8-6-5-7-9-13;/h3,5-9,14H,1,10-12H2;/q-1;+1. The third-order valence-electron chi connectivity index (χ3n) is 2.97. The molecular weight excluding hydrogens is 203 g/mol. The molecule has 0 saturated heterocycles. The zero-order chi connectivity index (χ0) is 11.4. The Morgan fingerprint density at radius 3 is 2.53 bits per heavy atom. The van der Waals surface area contributed by atoms with Gasteiger partial charge in [-0.2, -0.15) is 0 Å². The summed E-state index contributed by atoms with van der Waals surface area (Å²) in [7, 11) is 0. The molecule has 0 spiro atoms. The van der Waals surface area contributed by atoms with Gasteiger partial charge in [0.2, 0.25) is 0 Å². The van der Waals surface area contributed by atoms with Gasteiger partial charge in [-0.05, 0) is 18.4 Å². The fraction of sp³-hybridized carbons (Fsp3) is 0.333. The van der Waals surface area contributed by atoms with Gasteiger partial charge in [0.15, 0.2) is 0 Å². The van der Waals surface area contributed by atoms with Crippen LogP contribution >= 0.6 is 0 Å². The van der Waals surface area contributed by atoms with Crippen LogP contribution in [-0.2, 0) is 10.3 Å². The fourth-order valence-electron chi connectivity index (χ4n) is 2.01. The first-order valence-electron chi connectivity index (χ1n) is 5.58. The summed E-state index contributed by atoms with van der Waals surface area (Å²) in [5.74, 6) is 3.00. The summed E-state index contributed by atoms with van der Waals surface area (Å²) in [5.41, 5.74) is 0.365. The van der Waals surface area contributed by atoms with E-state index in [1.54, 1.807) is 6.08 Å². The van der Waals surface area contributed by atoms with E-state index in [1.807, 2.05) is 30.3 Å². The molecule has 1 atom stereocenters. The molecule has 1 unspecified atom stereocenters. The van der Waals surface area contributed by atoms with Crippen LogP contribution in [0, 0.1) is 18.3 Å². The first-order valence-corrected chi connectivity index (χ1v) is 5.58. The Balaban J connectivity index is 0.00000144. The van der Waals surface area contributed by atoms with Crippen molar-refractivity contribution in [1.29, 1.82) is 0 Å². The molecule has 1 aliphatic rings. The summed E-state index contributed by atoms with van der Waals surface area (Å²) in [5, 5.41) is 0. The summed E-state index contributed by atoms with van der Waals surface area (Å²) in [6, 6.07) is 9.92. The smallest absolute Gasteiger partial charge is 0.690 e. The molecular formula is C15H15LiO. The summed E-state index contributed by atoms with van der Waals surface area (Å²) in [6.45, 7) is 4.11. The number of rotatable bonds is 5. The molecule has 1 aromatic rings. The van der Waals surface area contributed by atoms with Gasteiger partial charge in [0.25, 0.3) is 0 Å². The van der Waals surface area contributed by atoms with E-state index in [-0.39, 0.29) is 18.9 Å². The number of ether oxygens (including phenoxy) is 1. The normalized spacial score (nSPS) is 17.4. The van der Waals surface area contributed by atoms with Crippen LogP contribution in [-0.4, -0.2) is 6.61 Å². The SMILES string of the molecule is [C-]#CC(OCC=C)(c1ccccc1)C1CC1.[Li+]. The van der Waals surface area contributed by atoms with E-state index in [0.29, 0.717) is 12.5 Å². The van der Waals surface area contributed by atoms with Crippen LogP contribution < -0.4 is 18.9 Å². The van der Waals surface area contributed by atoms with Crippen LogP contribution in [0.4, 0.5) is 0 Å². The fourth-order valence-corrected chi connectivity index (χ4v) is 2.01. The molecule has 1 saturated carbocycles. The van der Waals surface area contributed by atoms with E-state index in [2.05, 4.69) is 12.5 Å². The Hall–Kier alpha value is -0.923. The van der Waals surface area contributed by atoms with Gasteiger partial charge in [-0.25, -0.2) is 0 Å². The average molecular weight is 218 g/mol. The van der Waals surface area contributed by atoms with Crippen molar-refractivity contribution >= 4 is 0 Å². The minimum Gasteiger partial charge on any atom is -0.690 e. The van der Waals surface area contributed by atoms with Crippen LogP contribution in [0.5, 0.6) is 0 Å². The molecule has 1 aromatic carbocycles. The Morgan fingerprint density at radius 2 is 2.06 bits per heavy atom. The zero-order valence-corrected chi connectivity index (χ0v) is 10.3. The molecule has 17 heavy (non-hydrogen) atoms. The van der Waals surface area contributed by atoms with Crippen molar-refractivity contribution in [2.24, 2.45) is 5.92 Å². The molecule has 2 rings (SSSR count). The maximum Gasteiger partial charge on any atom is 1.00 e. The minimum absolute atomic E-state index is 0. The van der Waals surface area contributed by atoms with E-state index in [0.717, 1.165) is 18.4 Å². The maximum absolute atomic E-state index is 7.58. The van der Waals surface area contributed by atoms with E-state index in [4.69, 9.17) is 11.2 Å². The van der Waals surface area contributed by atoms with Gasteiger partial charge in [0.05, 0.1) is 6.61 Å². The molecule has 0 N–H and O–H groups in total. The molecule has 1 nitrogen and oxygen atoms in total. The molecule has 1 fully saturated rings. The van der Waals surface area contributed by atoms with Gasteiger partial charge in [0, 0.05) is 5.92 Å². The predicted molar refractivity (Wildman–Crippen MR) is 64.1 cm³/mol. The number of benzene rings is 1. The molecule has 0 aromatic heterocycles. The van der Waals surface area contributed by atoms with Crippen molar-refractivity contribution in [3.63, 3.8) is 0 Å². The summed E-state index contributed by atoms with van der Waals surface area (Å²) >= 11 is 0. The van der Waals surface area contributed by atoms with Crippen molar-refractivity contribution in [2.45, 2.75) is 18.4 Å². The Kier molecular flexibility index (Phi) is 5.10. The Bertz CT molecular complexity index is 403. The minimum atomic E-state index is -0.657. The van der Waals surface area contributed by atoms with Gasteiger partial charge >= 0.3 is 18.9 Å². The van der Waals surface area contributed by atoms with Gasteiger partial charge in [-0.1, -0.05) is 36.4 Å². The molecule has 1 aliphatic carbocycles.